The van der Waals surface area contributed by atoms with Gasteiger partial charge in [0.25, 0.3) is 0 Å². The van der Waals surface area contributed by atoms with Gasteiger partial charge in [0.2, 0.25) is 0 Å². The molecule has 0 aliphatic heterocycles. The zero-order valence-electron chi connectivity index (χ0n) is 13.6. The molecule has 0 bridgehead atoms. The lowest BCUT2D eigenvalue weighted by molar-refractivity contribution is 0.262. The Morgan fingerprint density at radius 1 is 1.33 bits per heavy atom. The number of rotatable bonds is 4. The van der Waals surface area contributed by atoms with Crippen LogP contribution in [0, 0.1) is 12.8 Å². The molecule has 7 nitrogen and oxygen atoms in total. The fourth-order valence-corrected chi connectivity index (χ4v) is 2.83. The molecule has 4 rings (SSSR count). The van der Waals surface area contributed by atoms with E-state index in [0.717, 1.165) is 5.52 Å². The maximum absolute atomic E-state index is 12.1. The highest BCUT2D eigenvalue weighted by Gasteiger charge is 2.29. The molecule has 2 amide bonds. The van der Waals surface area contributed by atoms with E-state index in [-0.39, 0.29) is 6.03 Å². The number of urea groups is 1. The lowest BCUT2D eigenvalue weighted by Crippen LogP contribution is -2.19. The van der Waals surface area contributed by atoms with Crippen LogP contribution < -0.4 is 10.6 Å². The number of anilines is 2. The van der Waals surface area contributed by atoms with Crippen molar-refractivity contribution in [3.05, 3.63) is 36.5 Å². The fourth-order valence-electron chi connectivity index (χ4n) is 2.83. The molecule has 2 aromatic heterocycles. The Balaban J connectivity index is 1.41. The number of hydrogen-bond donors (Lipinski definition) is 2. The van der Waals surface area contributed by atoms with Gasteiger partial charge >= 0.3 is 6.03 Å². The van der Waals surface area contributed by atoms with Gasteiger partial charge in [-0.3, -0.25) is 4.68 Å². The minimum absolute atomic E-state index is 0.316. The molecule has 1 fully saturated rings. The summed E-state index contributed by atoms with van der Waals surface area (Å²) in [6.45, 7) is 3.95. The number of hydrogen-bond acceptors (Lipinski definition) is 4. The Hall–Kier alpha value is -2.83. The van der Waals surface area contributed by atoms with Crippen molar-refractivity contribution in [2.24, 2.45) is 5.92 Å². The van der Waals surface area contributed by atoms with Gasteiger partial charge in [-0.25, -0.2) is 9.78 Å². The third-order valence-corrected chi connectivity index (χ3v) is 4.33. The summed E-state index contributed by atoms with van der Waals surface area (Å²) < 4.78 is 7.38. The number of aryl methyl sites for hydroxylation is 1. The van der Waals surface area contributed by atoms with Crippen LogP contribution in [0.3, 0.4) is 0 Å². The van der Waals surface area contributed by atoms with E-state index in [1.165, 1.54) is 12.8 Å². The largest absolute Gasteiger partial charge is 0.441 e. The van der Waals surface area contributed by atoms with Crippen molar-refractivity contribution in [2.75, 3.05) is 10.6 Å². The standard InChI is InChI=1S/C17H19N5O2/c1-10(12-3-4-12)22-9-14(8-18-22)21-17(23)20-13-5-6-15-16(7-13)24-11(2)19-15/h5-10,12H,3-4H2,1-2H3,(H2,20,21,23). The molecule has 0 saturated heterocycles. The van der Waals surface area contributed by atoms with Gasteiger partial charge in [-0.2, -0.15) is 5.10 Å². The van der Waals surface area contributed by atoms with Crippen LogP contribution >= 0.6 is 0 Å². The van der Waals surface area contributed by atoms with E-state index in [9.17, 15) is 4.79 Å². The Morgan fingerprint density at radius 2 is 2.12 bits per heavy atom. The quantitative estimate of drug-likeness (QED) is 0.760. The maximum Gasteiger partial charge on any atom is 0.323 e. The Kier molecular flexibility index (Phi) is 3.48. The molecule has 1 aromatic carbocycles. The summed E-state index contributed by atoms with van der Waals surface area (Å²) in [7, 11) is 0. The number of carbonyl (C=O) groups is 1. The minimum Gasteiger partial charge on any atom is -0.441 e. The van der Waals surface area contributed by atoms with Crippen molar-refractivity contribution in [1.29, 1.82) is 0 Å². The van der Waals surface area contributed by atoms with Crippen LogP contribution in [-0.2, 0) is 0 Å². The predicted octanol–water partition coefficient (Wildman–Crippen LogP) is 3.95. The Bertz CT molecular complexity index is 893. The highest BCUT2D eigenvalue weighted by molar-refractivity contribution is 6.00. The molecule has 24 heavy (non-hydrogen) atoms. The minimum atomic E-state index is -0.316. The summed E-state index contributed by atoms with van der Waals surface area (Å²) in [5, 5.41) is 9.92. The number of oxazole rings is 1. The molecular weight excluding hydrogens is 306 g/mol. The van der Waals surface area contributed by atoms with Crippen molar-refractivity contribution in [3.8, 4) is 0 Å². The van der Waals surface area contributed by atoms with Gasteiger partial charge in [0.05, 0.1) is 17.9 Å². The van der Waals surface area contributed by atoms with Gasteiger partial charge in [-0.1, -0.05) is 0 Å². The van der Waals surface area contributed by atoms with Crippen LogP contribution in [0.25, 0.3) is 11.1 Å². The van der Waals surface area contributed by atoms with Crippen LogP contribution in [0.1, 0.15) is 31.7 Å². The zero-order valence-corrected chi connectivity index (χ0v) is 13.6. The molecule has 2 heterocycles. The molecule has 1 atom stereocenters. The molecule has 0 spiro atoms. The summed E-state index contributed by atoms with van der Waals surface area (Å²) >= 11 is 0. The average Bonchev–Trinajstić information content (AvgIpc) is 3.18. The summed E-state index contributed by atoms with van der Waals surface area (Å²) in [6, 6.07) is 5.43. The van der Waals surface area contributed by atoms with Crippen molar-refractivity contribution in [3.63, 3.8) is 0 Å². The normalized spacial score (nSPS) is 15.4. The van der Waals surface area contributed by atoms with Gasteiger partial charge in [0.1, 0.15) is 5.52 Å². The number of aromatic nitrogens is 3. The van der Waals surface area contributed by atoms with Gasteiger partial charge in [-0.15, -0.1) is 0 Å². The molecule has 1 unspecified atom stereocenters. The number of nitrogens with one attached hydrogen (secondary N) is 2. The molecule has 7 heteroatoms. The van der Waals surface area contributed by atoms with E-state index in [4.69, 9.17) is 4.42 Å². The van der Waals surface area contributed by atoms with E-state index in [1.807, 2.05) is 16.9 Å². The monoisotopic (exact) mass is 325 g/mol. The highest BCUT2D eigenvalue weighted by Crippen LogP contribution is 2.39. The lowest BCUT2D eigenvalue weighted by atomic mass is 10.2. The van der Waals surface area contributed by atoms with Gasteiger partial charge in [-0.05, 0) is 37.8 Å². The lowest BCUT2D eigenvalue weighted by Gasteiger charge is -2.09. The van der Waals surface area contributed by atoms with Gasteiger partial charge < -0.3 is 15.1 Å². The number of fused-ring (bicyclic) bond motifs is 1. The summed E-state index contributed by atoms with van der Waals surface area (Å²) in [6.07, 6.45) is 6.05. The molecule has 2 N–H and O–H groups in total. The molecule has 1 aliphatic rings. The van der Waals surface area contributed by atoms with E-state index in [1.54, 1.807) is 25.3 Å². The average molecular weight is 325 g/mol. The predicted molar refractivity (Wildman–Crippen MR) is 91.0 cm³/mol. The number of amides is 2. The number of nitrogens with zero attached hydrogens (tertiary/aromatic N) is 3. The van der Waals surface area contributed by atoms with Crippen molar-refractivity contribution < 1.29 is 9.21 Å². The smallest absolute Gasteiger partial charge is 0.323 e. The first-order valence-corrected chi connectivity index (χ1v) is 8.08. The molecule has 0 radical (unpaired) electrons. The first-order chi connectivity index (χ1) is 11.6. The van der Waals surface area contributed by atoms with Gasteiger partial charge in [0, 0.05) is 24.9 Å². The molecular formula is C17H19N5O2. The van der Waals surface area contributed by atoms with Crippen molar-refractivity contribution >= 4 is 28.5 Å². The van der Waals surface area contributed by atoms with E-state index >= 15 is 0 Å². The molecule has 1 saturated carbocycles. The maximum atomic E-state index is 12.1. The second-order valence-corrected chi connectivity index (χ2v) is 6.28. The highest BCUT2D eigenvalue weighted by atomic mass is 16.3. The van der Waals surface area contributed by atoms with Gasteiger partial charge in [0.15, 0.2) is 11.5 Å². The van der Waals surface area contributed by atoms with E-state index in [0.29, 0.717) is 34.8 Å². The van der Waals surface area contributed by atoms with Crippen LogP contribution in [0.15, 0.2) is 35.0 Å². The number of benzene rings is 1. The topological polar surface area (TPSA) is 85.0 Å². The van der Waals surface area contributed by atoms with Crippen LogP contribution in [0.2, 0.25) is 0 Å². The van der Waals surface area contributed by atoms with Crippen LogP contribution in [-0.4, -0.2) is 20.8 Å². The SMILES string of the molecule is Cc1nc2ccc(NC(=O)Nc3cnn(C(C)C4CC4)c3)cc2o1. The van der Waals surface area contributed by atoms with Crippen molar-refractivity contribution in [1.82, 2.24) is 14.8 Å². The van der Waals surface area contributed by atoms with E-state index in [2.05, 4.69) is 27.6 Å². The third-order valence-electron chi connectivity index (χ3n) is 4.33. The first-order valence-electron chi connectivity index (χ1n) is 8.08. The summed E-state index contributed by atoms with van der Waals surface area (Å²) in [5.41, 5.74) is 2.75. The van der Waals surface area contributed by atoms with Crippen LogP contribution in [0.4, 0.5) is 16.2 Å². The Labute approximate surface area is 139 Å². The third kappa shape index (κ3) is 2.97. The Morgan fingerprint density at radius 3 is 2.92 bits per heavy atom. The van der Waals surface area contributed by atoms with E-state index < -0.39 is 0 Å². The number of carbonyl (C=O) groups excluding carboxylic acids is 1. The first kappa shape index (κ1) is 14.7. The van der Waals surface area contributed by atoms with Crippen molar-refractivity contribution in [2.45, 2.75) is 32.7 Å². The van der Waals surface area contributed by atoms with Crippen LogP contribution in [0.5, 0.6) is 0 Å². The summed E-state index contributed by atoms with van der Waals surface area (Å²) in [4.78, 5) is 16.4. The molecule has 1 aliphatic carbocycles. The molecule has 3 aromatic rings. The zero-order chi connectivity index (χ0) is 16.7. The second kappa shape index (κ2) is 5.67. The fraction of sp³-hybridized carbons (Fsp3) is 0.353. The molecule has 124 valence electrons. The summed E-state index contributed by atoms with van der Waals surface area (Å²) in [5.74, 6) is 1.31. The second-order valence-electron chi connectivity index (χ2n) is 6.28.